The summed E-state index contributed by atoms with van der Waals surface area (Å²) in [5.41, 5.74) is 6.53. The molecule has 4 aromatic rings. The van der Waals surface area contributed by atoms with E-state index in [9.17, 15) is 23.1 Å². The van der Waals surface area contributed by atoms with E-state index in [-0.39, 0.29) is 17.6 Å². The minimum Gasteiger partial charge on any atom is -0.477 e. The fourth-order valence-electron chi connectivity index (χ4n) is 4.34. The van der Waals surface area contributed by atoms with Gasteiger partial charge in [0.15, 0.2) is 5.76 Å². The van der Waals surface area contributed by atoms with Crippen LogP contribution in [-0.2, 0) is 6.54 Å². The lowest BCUT2D eigenvalue weighted by atomic mass is 10.1. The third-order valence-electron chi connectivity index (χ3n) is 6.33. The number of rotatable bonds is 6. The number of ether oxygens (including phenoxy) is 1. The Balaban J connectivity index is 0.000000298. The van der Waals surface area contributed by atoms with E-state index in [2.05, 4.69) is 28.6 Å². The molecule has 210 valence electrons. The van der Waals surface area contributed by atoms with Crippen LogP contribution in [0.15, 0.2) is 47.0 Å². The minimum atomic E-state index is -4.84. The van der Waals surface area contributed by atoms with E-state index in [0.29, 0.717) is 33.4 Å². The Morgan fingerprint density at radius 2 is 1.95 bits per heavy atom. The van der Waals surface area contributed by atoms with Gasteiger partial charge in [-0.2, -0.15) is 0 Å². The molecule has 4 heterocycles. The van der Waals surface area contributed by atoms with Crippen molar-refractivity contribution >= 4 is 39.8 Å². The number of alkyl halides is 3. The molecule has 3 N–H and O–H groups in total. The van der Waals surface area contributed by atoms with E-state index < -0.39 is 18.1 Å². The molecule has 3 aromatic heterocycles. The molecule has 0 saturated carbocycles. The number of carboxylic acid groups (broad SMARTS) is 1. The highest BCUT2D eigenvalue weighted by atomic mass is 35.5. The molecule has 1 aliphatic rings. The fraction of sp³-hybridized carbons (Fsp3) is 0.385. The third kappa shape index (κ3) is 7.53. The number of piperidine rings is 1. The Morgan fingerprint density at radius 3 is 2.54 bits per heavy atom. The summed E-state index contributed by atoms with van der Waals surface area (Å²) in [7, 11) is 0. The summed E-state index contributed by atoms with van der Waals surface area (Å²) in [6, 6.07) is 11.2. The van der Waals surface area contributed by atoms with Gasteiger partial charge in [0.05, 0.1) is 15.8 Å². The monoisotopic (exact) mass is 584 g/mol. The summed E-state index contributed by atoms with van der Waals surface area (Å²) in [5, 5.41) is 13.7. The van der Waals surface area contributed by atoms with Gasteiger partial charge in [-0.3, -0.25) is 0 Å². The van der Waals surface area contributed by atoms with Crippen LogP contribution >= 0.6 is 22.9 Å². The van der Waals surface area contributed by atoms with Crippen molar-refractivity contribution in [2.45, 2.75) is 51.7 Å². The normalized spacial score (nSPS) is 15.0. The van der Waals surface area contributed by atoms with Crippen LogP contribution in [0, 0.1) is 0 Å². The van der Waals surface area contributed by atoms with Crippen molar-refractivity contribution in [1.29, 1.82) is 0 Å². The average molecular weight is 585 g/mol. The van der Waals surface area contributed by atoms with Gasteiger partial charge in [-0.15, -0.1) is 24.5 Å². The number of fused-ring (bicyclic) bond motifs is 1. The lowest BCUT2D eigenvalue weighted by Gasteiger charge is -2.32. The Hall–Kier alpha value is -3.06. The zero-order valence-corrected chi connectivity index (χ0v) is 22.8. The lowest BCUT2D eigenvalue weighted by Crippen LogP contribution is -2.42. The highest BCUT2D eigenvalue weighted by molar-refractivity contribution is 7.19. The summed E-state index contributed by atoms with van der Waals surface area (Å²) in [6.45, 7) is 6.93. The van der Waals surface area contributed by atoms with Crippen molar-refractivity contribution < 1.29 is 32.3 Å². The first-order valence-electron chi connectivity index (χ1n) is 12.2. The number of carboxylic acids is 1. The van der Waals surface area contributed by atoms with E-state index in [1.807, 2.05) is 0 Å². The van der Waals surface area contributed by atoms with E-state index in [4.69, 9.17) is 21.9 Å². The molecule has 39 heavy (non-hydrogen) atoms. The first-order chi connectivity index (χ1) is 18.4. The molecular weight excluding hydrogens is 557 g/mol. The van der Waals surface area contributed by atoms with Gasteiger partial charge >= 0.3 is 12.3 Å². The molecule has 0 spiro atoms. The maximum atomic E-state index is 12.4. The largest absolute Gasteiger partial charge is 0.573 e. The van der Waals surface area contributed by atoms with Gasteiger partial charge in [-0.05, 0) is 76.2 Å². The standard InChI is InChI=1S/C18H10ClF3N2O4S.C8H18N2/c19-16-4-3-15(29-16)14-7-10(23-28-14)8-24-12-2-1-11(27-18(20,21)22)5-9(12)6-13(24)17(25)26;1-7(2)10-5-3-8(9)4-6-10/h1-7H,8H2,(H,25,26);7-8H,3-6,9H2,1-2H3. The number of benzene rings is 1. The summed E-state index contributed by atoms with van der Waals surface area (Å²) >= 11 is 7.22. The van der Waals surface area contributed by atoms with Gasteiger partial charge in [0, 0.05) is 29.1 Å². The molecule has 1 fully saturated rings. The number of nitrogens with zero attached hydrogens (tertiary/aromatic N) is 3. The first kappa shape index (κ1) is 28.9. The van der Waals surface area contributed by atoms with Gasteiger partial charge < -0.3 is 29.6 Å². The van der Waals surface area contributed by atoms with E-state index >= 15 is 0 Å². The Bertz CT molecular complexity index is 1420. The number of carbonyl (C=O) groups is 1. The van der Waals surface area contributed by atoms with Crippen molar-refractivity contribution in [1.82, 2.24) is 14.6 Å². The Labute approximate surface area is 231 Å². The number of aromatic nitrogens is 2. The van der Waals surface area contributed by atoms with Crippen molar-refractivity contribution in [3.8, 4) is 16.4 Å². The second kappa shape index (κ2) is 12.0. The number of aromatic carboxylic acids is 1. The van der Waals surface area contributed by atoms with E-state index in [0.717, 1.165) is 17.0 Å². The minimum absolute atomic E-state index is 0.0488. The summed E-state index contributed by atoms with van der Waals surface area (Å²) in [4.78, 5) is 14.9. The van der Waals surface area contributed by atoms with Gasteiger partial charge in [-0.25, -0.2) is 4.79 Å². The molecule has 1 aromatic carbocycles. The molecule has 0 bridgehead atoms. The van der Waals surface area contributed by atoms with E-state index in [1.165, 1.54) is 54.0 Å². The molecule has 5 rings (SSSR count). The summed E-state index contributed by atoms with van der Waals surface area (Å²) in [6.07, 6.45) is -2.48. The zero-order chi connectivity index (χ0) is 28.3. The van der Waals surface area contributed by atoms with Gasteiger partial charge in [0.1, 0.15) is 17.1 Å². The van der Waals surface area contributed by atoms with Crippen LogP contribution in [-0.4, -0.2) is 57.2 Å². The molecule has 1 saturated heterocycles. The van der Waals surface area contributed by atoms with Crippen LogP contribution in [0.25, 0.3) is 21.5 Å². The van der Waals surface area contributed by atoms with Crippen molar-refractivity contribution in [2.75, 3.05) is 13.1 Å². The van der Waals surface area contributed by atoms with Crippen LogP contribution in [0.3, 0.4) is 0 Å². The Morgan fingerprint density at radius 1 is 1.23 bits per heavy atom. The van der Waals surface area contributed by atoms with Crippen molar-refractivity contribution in [3.05, 3.63) is 58.2 Å². The Kier molecular flexibility index (Phi) is 8.90. The number of hydrogen-bond acceptors (Lipinski definition) is 7. The summed E-state index contributed by atoms with van der Waals surface area (Å²) < 4.78 is 48.5. The summed E-state index contributed by atoms with van der Waals surface area (Å²) in [5.74, 6) is -1.18. The molecule has 1 aliphatic heterocycles. The molecular formula is C26H28ClF3N4O4S. The predicted octanol–water partition coefficient (Wildman–Crippen LogP) is 6.47. The van der Waals surface area contributed by atoms with Crippen LogP contribution in [0.2, 0.25) is 4.34 Å². The van der Waals surface area contributed by atoms with Crippen molar-refractivity contribution in [2.24, 2.45) is 5.73 Å². The molecule has 8 nitrogen and oxygen atoms in total. The van der Waals surface area contributed by atoms with Gasteiger partial charge in [-0.1, -0.05) is 16.8 Å². The molecule has 0 unspecified atom stereocenters. The quantitative estimate of drug-likeness (QED) is 0.267. The van der Waals surface area contributed by atoms with Crippen LogP contribution in [0.5, 0.6) is 5.75 Å². The third-order valence-corrected chi connectivity index (χ3v) is 7.57. The highest BCUT2D eigenvalue weighted by Gasteiger charge is 2.31. The number of thiophene rings is 1. The SMILES string of the molecule is CC(C)N1CCC(N)CC1.O=C(O)c1cc2cc(OC(F)(F)F)ccc2n1Cc1cc(-c2ccc(Cl)s2)on1. The number of halogens is 4. The van der Waals surface area contributed by atoms with Crippen LogP contribution in [0.1, 0.15) is 42.9 Å². The zero-order valence-electron chi connectivity index (χ0n) is 21.2. The maximum absolute atomic E-state index is 12.4. The molecule has 0 amide bonds. The molecule has 0 atom stereocenters. The second-order valence-corrected chi connectivity index (χ2v) is 11.2. The fourth-order valence-corrected chi connectivity index (χ4v) is 5.33. The van der Waals surface area contributed by atoms with Crippen molar-refractivity contribution in [3.63, 3.8) is 0 Å². The molecule has 0 radical (unpaired) electrons. The second-order valence-electron chi connectivity index (χ2n) is 9.44. The first-order valence-corrected chi connectivity index (χ1v) is 13.4. The molecule has 13 heteroatoms. The number of nitrogens with two attached hydrogens (primary N) is 1. The van der Waals surface area contributed by atoms with E-state index in [1.54, 1.807) is 18.2 Å². The van der Waals surface area contributed by atoms with Gasteiger partial charge in [0.2, 0.25) is 0 Å². The van der Waals surface area contributed by atoms with Gasteiger partial charge in [0.25, 0.3) is 0 Å². The molecule has 0 aliphatic carbocycles. The maximum Gasteiger partial charge on any atom is 0.573 e. The smallest absolute Gasteiger partial charge is 0.477 e. The highest BCUT2D eigenvalue weighted by Crippen LogP contribution is 2.32. The predicted molar refractivity (Wildman–Crippen MR) is 143 cm³/mol. The van der Waals surface area contributed by atoms with Crippen LogP contribution < -0.4 is 10.5 Å². The number of likely N-dealkylation sites (tertiary alicyclic amines) is 1. The number of hydrogen-bond donors (Lipinski definition) is 2. The topological polar surface area (TPSA) is 107 Å². The average Bonchev–Trinajstić information content (AvgIpc) is 3.58. The lowest BCUT2D eigenvalue weighted by molar-refractivity contribution is -0.274. The van der Waals surface area contributed by atoms with Crippen LogP contribution in [0.4, 0.5) is 13.2 Å².